The molecule has 0 amide bonds. The fraction of sp³-hybridized carbons (Fsp3) is 0.400. The normalized spacial score (nSPS) is 18.9. The van der Waals surface area contributed by atoms with Gasteiger partial charge in [0, 0.05) is 18.0 Å². The Morgan fingerprint density at radius 2 is 2.07 bits per heavy atom. The molecule has 84 valence electrons. The summed E-state index contributed by atoms with van der Waals surface area (Å²) in [6, 6.07) is 5.66. The summed E-state index contributed by atoms with van der Waals surface area (Å²) in [6.45, 7) is 2.08. The third-order valence-corrected chi connectivity index (χ3v) is 3.54. The molecule has 2 rings (SSSR count). The molecule has 0 aromatic heterocycles. The van der Waals surface area contributed by atoms with E-state index in [9.17, 15) is 8.42 Å². The Balaban J connectivity index is 0.00000112. The van der Waals surface area contributed by atoms with Gasteiger partial charge in [0.15, 0.2) is 9.84 Å². The molecule has 1 aromatic rings. The molecule has 0 aliphatic carbocycles. The third kappa shape index (κ3) is 2.44. The van der Waals surface area contributed by atoms with Gasteiger partial charge in [0.2, 0.25) is 0 Å². The lowest BCUT2D eigenvalue weighted by Crippen LogP contribution is -2.08. The first-order chi connectivity index (χ1) is 6.47. The molecule has 3 nitrogen and oxygen atoms in total. The largest absolute Gasteiger partial charge is 0.382 e. The van der Waals surface area contributed by atoms with Gasteiger partial charge >= 0.3 is 0 Å². The van der Waals surface area contributed by atoms with Crippen LogP contribution < -0.4 is 5.32 Å². The van der Waals surface area contributed by atoms with Crippen molar-refractivity contribution in [2.75, 3.05) is 11.6 Å². The van der Waals surface area contributed by atoms with Gasteiger partial charge in [-0.15, -0.1) is 12.4 Å². The van der Waals surface area contributed by atoms with E-state index in [4.69, 9.17) is 0 Å². The third-order valence-electron chi connectivity index (χ3n) is 2.43. The Morgan fingerprint density at radius 1 is 1.40 bits per heavy atom. The van der Waals surface area contributed by atoms with Crippen LogP contribution in [-0.2, 0) is 16.3 Å². The van der Waals surface area contributed by atoms with Crippen molar-refractivity contribution < 1.29 is 8.42 Å². The van der Waals surface area contributed by atoms with Gasteiger partial charge < -0.3 is 5.32 Å². The smallest absolute Gasteiger partial charge is 0.175 e. The number of sulfone groups is 1. The van der Waals surface area contributed by atoms with Crippen molar-refractivity contribution in [2.24, 2.45) is 0 Å². The molecule has 0 bridgehead atoms. The van der Waals surface area contributed by atoms with Crippen LogP contribution in [0.1, 0.15) is 12.5 Å². The first-order valence-electron chi connectivity index (χ1n) is 4.56. The molecule has 15 heavy (non-hydrogen) atoms. The van der Waals surface area contributed by atoms with E-state index in [0.717, 1.165) is 17.7 Å². The molecule has 1 heterocycles. The Labute approximate surface area is 96.2 Å². The van der Waals surface area contributed by atoms with Gasteiger partial charge in [-0.2, -0.15) is 0 Å². The number of hydrogen-bond donors (Lipinski definition) is 1. The molecule has 0 saturated heterocycles. The summed E-state index contributed by atoms with van der Waals surface area (Å²) in [6.07, 6.45) is 2.14. The van der Waals surface area contributed by atoms with Gasteiger partial charge in [0.05, 0.1) is 4.90 Å². The lowest BCUT2D eigenvalue weighted by atomic mass is 10.1. The van der Waals surface area contributed by atoms with Crippen molar-refractivity contribution in [3.05, 3.63) is 23.8 Å². The highest BCUT2D eigenvalue weighted by molar-refractivity contribution is 7.90. The van der Waals surface area contributed by atoms with E-state index < -0.39 is 9.84 Å². The number of nitrogens with one attached hydrogen (secondary N) is 1. The highest BCUT2D eigenvalue weighted by atomic mass is 35.5. The van der Waals surface area contributed by atoms with Crippen molar-refractivity contribution in [2.45, 2.75) is 24.3 Å². The van der Waals surface area contributed by atoms with E-state index in [2.05, 4.69) is 12.2 Å². The van der Waals surface area contributed by atoms with E-state index in [-0.39, 0.29) is 12.4 Å². The maximum absolute atomic E-state index is 11.3. The number of fused-ring (bicyclic) bond motifs is 1. The van der Waals surface area contributed by atoms with Crippen LogP contribution in [0.15, 0.2) is 23.1 Å². The Hall–Kier alpha value is -0.740. The first-order valence-corrected chi connectivity index (χ1v) is 6.45. The topological polar surface area (TPSA) is 46.2 Å². The van der Waals surface area contributed by atoms with Gasteiger partial charge in [-0.3, -0.25) is 0 Å². The standard InChI is InChI=1S/C10H13NO2S.ClH/c1-7-5-8-6-9(14(2,12)13)3-4-10(8)11-7;/h3-4,6-7,11H,5H2,1-2H3;1H. The lowest BCUT2D eigenvalue weighted by molar-refractivity contribution is 0.602. The zero-order valence-corrected chi connectivity index (χ0v) is 10.3. The van der Waals surface area contributed by atoms with Gasteiger partial charge in [-0.25, -0.2) is 8.42 Å². The molecule has 1 aliphatic heterocycles. The second-order valence-electron chi connectivity index (χ2n) is 3.84. The predicted octanol–water partition coefficient (Wildman–Crippen LogP) is 1.87. The molecule has 0 saturated carbocycles. The van der Waals surface area contributed by atoms with Crippen molar-refractivity contribution in [3.63, 3.8) is 0 Å². The molecular formula is C10H14ClNO2S. The minimum Gasteiger partial charge on any atom is -0.382 e. The van der Waals surface area contributed by atoms with E-state index in [1.165, 1.54) is 6.26 Å². The lowest BCUT2D eigenvalue weighted by Gasteiger charge is -2.02. The molecule has 5 heteroatoms. The quantitative estimate of drug-likeness (QED) is 0.824. The number of rotatable bonds is 1. The van der Waals surface area contributed by atoms with Crippen LogP contribution in [0.3, 0.4) is 0 Å². The second kappa shape index (κ2) is 4.02. The maximum Gasteiger partial charge on any atom is 0.175 e. The van der Waals surface area contributed by atoms with Crippen molar-refractivity contribution in [1.82, 2.24) is 0 Å². The number of anilines is 1. The fourth-order valence-electron chi connectivity index (χ4n) is 1.76. The first kappa shape index (κ1) is 12.3. The SMILES string of the molecule is CC1Cc2cc(S(C)(=O)=O)ccc2N1.Cl. The molecule has 0 spiro atoms. The Bertz CT molecular complexity index is 470. The molecule has 0 fully saturated rings. The van der Waals surface area contributed by atoms with E-state index in [1.54, 1.807) is 12.1 Å². The predicted molar refractivity (Wildman–Crippen MR) is 63.6 cm³/mol. The molecule has 1 atom stereocenters. The average molecular weight is 248 g/mol. The van der Waals surface area contributed by atoms with E-state index in [0.29, 0.717) is 10.9 Å². The highest BCUT2D eigenvalue weighted by Crippen LogP contribution is 2.27. The van der Waals surface area contributed by atoms with Gasteiger partial charge in [0.1, 0.15) is 0 Å². The number of hydrogen-bond acceptors (Lipinski definition) is 3. The van der Waals surface area contributed by atoms with Crippen LogP contribution in [0, 0.1) is 0 Å². The molecule has 1 unspecified atom stereocenters. The second-order valence-corrected chi connectivity index (χ2v) is 5.86. The van der Waals surface area contributed by atoms with Crippen LogP contribution in [0.5, 0.6) is 0 Å². The van der Waals surface area contributed by atoms with Crippen LogP contribution in [0.25, 0.3) is 0 Å². The minimum absolute atomic E-state index is 0. The average Bonchev–Trinajstić information content (AvgIpc) is 2.41. The highest BCUT2D eigenvalue weighted by Gasteiger charge is 2.18. The molecule has 0 radical (unpaired) electrons. The van der Waals surface area contributed by atoms with Gasteiger partial charge in [0.25, 0.3) is 0 Å². The van der Waals surface area contributed by atoms with Gasteiger partial charge in [-0.05, 0) is 37.1 Å². The summed E-state index contributed by atoms with van der Waals surface area (Å²) in [4.78, 5) is 0.409. The van der Waals surface area contributed by atoms with Crippen molar-refractivity contribution in [3.8, 4) is 0 Å². The van der Waals surface area contributed by atoms with Gasteiger partial charge in [-0.1, -0.05) is 0 Å². The summed E-state index contributed by atoms with van der Waals surface area (Å²) in [5.74, 6) is 0. The number of halogens is 1. The van der Waals surface area contributed by atoms with Crippen LogP contribution >= 0.6 is 12.4 Å². The number of benzene rings is 1. The molecular weight excluding hydrogens is 234 g/mol. The summed E-state index contributed by atoms with van der Waals surface area (Å²) in [5.41, 5.74) is 2.16. The van der Waals surface area contributed by atoms with E-state index in [1.807, 2.05) is 6.07 Å². The zero-order valence-electron chi connectivity index (χ0n) is 8.65. The van der Waals surface area contributed by atoms with E-state index >= 15 is 0 Å². The molecule has 1 aromatic carbocycles. The summed E-state index contributed by atoms with van der Waals surface area (Å²) in [7, 11) is -3.07. The Morgan fingerprint density at radius 3 is 2.67 bits per heavy atom. The fourth-order valence-corrected chi connectivity index (χ4v) is 2.43. The van der Waals surface area contributed by atoms with Crippen molar-refractivity contribution >= 4 is 27.9 Å². The Kier molecular flexibility index (Phi) is 3.31. The maximum atomic E-state index is 11.3. The summed E-state index contributed by atoms with van der Waals surface area (Å²) in [5, 5.41) is 3.28. The minimum atomic E-state index is -3.07. The van der Waals surface area contributed by atoms with Crippen LogP contribution in [0.4, 0.5) is 5.69 Å². The van der Waals surface area contributed by atoms with Crippen molar-refractivity contribution in [1.29, 1.82) is 0 Å². The van der Waals surface area contributed by atoms with Crippen LogP contribution in [0.2, 0.25) is 0 Å². The molecule has 1 N–H and O–H groups in total. The summed E-state index contributed by atoms with van der Waals surface area (Å²) >= 11 is 0. The summed E-state index contributed by atoms with van der Waals surface area (Å²) < 4.78 is 22.6. The zero-order chi connectivity index (χ0) is 10.3. The van der Waals surface area contributed by atoms with Crippen LogP contribution in [-0.4, -0.2) is 20.7 Å². The molecule has 1 aliphatic rings. The monoisotopic (exact) mass is 247 g/mol.